The van der Waals surface area contributed by atoms with Gasteiger partial charge in [-0.3, -0.25) is 0 Å². The number of benzene rings is 1. The molecule has 0 amide bonds. The summed E-state index contributed by atoms with van der Waals surface area (Å²) in [5.41, 5.74) is 8.11. The fraction of sp³-hybridized carbons (Fsp3) is 0.312. The lowest BCUT2D eigenvalue weighted by Crippen LogP contribution is -2.18. The van der Waals surface area contributed by atoms with Crippen molar-refractivity contribution in [1.82, 2.24) is 15.3 Å². The van der Waals surface area contributed by atoms with Gasteiger partial charge in [-0.2, -0.15) is 10.2 Å². The molecule has 0 aliphatic carbocycles. The van der Waals surface area contributed by atoms with Crippen LogP contribution < -0.4 is 16.4 Å². The van der Waals surface area contributed by atoms with Crippen LogP contribution in [0.4, 0.5) is 11.8 Å². The lowest BCUT2D eigenvalue weighted by molar-refractivity contribution is 0.625. The molecule has 4 N–H and O–H groups in total. The second kappa shape index (κ2) is 6.41. The highest BCUT2D eigenvalue weighted by Gasteiger charge is 2.24. The molecule has 22 heavy (non-hydrogen) atoms. The molecule has 1 aliphatic heterocycles. The van der Waals surface area contributed by atoms with Gasteiger partial charge >= 0.3 is 0 Å². The van der Waals surface area contributed by atoms with Crippen molar-refractivity contribution in [2.75, 3.05) is 17.6 Å². The number of hydrogen-bond donors (Lipinski definition) is 3. The van der Waals surface area contributed by atoms with Crippen molar-refractivity contribution in [2.45, 2.75) is 25.4 Å². The minimum Gasteiger partial charge on any atom is -0.368 e. The molecule has 0 radical (unpaired) electrons. The summed E-state index contributed by atoms with van der Waals surface area (Å²) in [6, 6.07) is 12.3. The van der Waals surface area contributed by atoms with E-state index in [9.17, 15) is 5.26 Å². The van der Waals surface area contributed by atoms with Crippen LogP contribution in [0.1, 0.15) is 35.7 Å². The molecule has 1 aromatic carbocycles. The smallest absolute Gasteiger partial charge is 0.222 e. The summed E-state index contributed by atoms with van der Waals surface area (Å²) in [5.74, 6) is 0.695. The Morgan fingerprint density at radius 3 is 2.82 bits per heavy atom. The molecule has 0 bridgehead atoms. The van der Waals surface area contributed by atoms with Gasteiger partial charge in [0.1, 0.15) is 17.5 Å². The second-order valence-corrected chi connectivity index (χ2v) is 5.29. The molecule has 1 unspecified atom stereocenters. The number of nitrogens with one attached hydrogen (secondary N) is 2. The third-order valence-corrected chi connectivity index (χ3v) is 3.76. The quantitative estimate of drug-likeness (QED) is 0.797. The van der Waals surface area contributed by atoms with Gasteiger partial charge in [0.15, 0.2) is 0 Å². The summed E-state index contributed by atoms with van der Waals surface area (Å²) < 4.78 is 0. The predicted molar refractivity (Wildman–Crippen MR) is 84.9 cm³/mol. The topological polar surface area (TPSA) is 99.7 Å². The standard InChI is InChI=1S/C16H18N6/c17-9-12-14(13-7-4-8-19-13)21-16(18)22-15(12)20-10-11-5-2-1-3-6-11/h1-3,5-6,13,19H,4,7-8,10H2,(H3,18,20,21,22). The molecular weight excluding hydrogens is 276 g/mol. The fourth-order valence-electron chi connectivity index (χ4n) is 2.69. The predicted octanol–water partition coefficient (Wildman–Crippen LogP) is 1.97. The van der Waals surface area contributed by atoms with E-state index < -0.39 is 0 Å². The Morgan fingerprint density at radius 2 is 2.14 bits per heavy atom. The van der Waals surface area contributed by atoms with Crippen LogP contribution in [0.3, 0.4) is 0 Å². The van der Waals surface area contributed by atoms with Gasteiger partial charge < -0.3 is 16.4 Å². The molecule has 1 fully saturated rings. The van der Waals surface area contributed by atoms with Gasteiger partial charge in [0.25, 0.3) is 0 Å². The number of nitrogens with two attached hydrogens (primary N) is 1. The van der Waals surface area contributed by atoms with Crippen molar-refractivity contribution in [2.24, 2.45) is 0 Å². The van der Waals surface area contributed by atoms with E-state index in [0.717, 1.165) is 24.9 Å². The highest BCUT2D eigenvalue weighted by atomic mass is 15.1. The van der Waals surface area contributed by atoms with Crippen molar-refractivity contribution in [3.8, 4) is 6.07 Å². The molecule has 6 heteroatoms. The first-order valence-electron chi connectivity index (χ1n) is 7.36. The Bertz CT molecular complexity index is 686. The number of aromatic nitrogens is 2. The van der Waals surface area contributed by atoms with Crippen molar-refractivity contribution >= 4 is 11.8 Å². The lowest BCUT2D eigenvalue weighted by Gasteiger charge is -2.15. The highest BCUT2D eigenvalue weighted by molar-refractivity contribution is 5.57. The molecular formula is C16H18N6. The summed E-state index contributed by atoms with van der Waals surface area (Å²) >= 11 is 0. The average Bonchev–Trinajstić information content (AvgIpc) is 3.07. The zero-order chi connectivity index (χ0) is 15.4. The van der Waals surface area contributed by atoms with Crippen LogP contribution in [-0.4, -0.2) is 16.5 Å². The highest BCUT2D eigenvalue weighted by Crippen LogP contribution is 2.28. The third kappa shape index (κ3) is 3.00. The molecule has 2 aromatic rings. The molecule has 0 spiro atoms. The van der Waals surface area contributed by atoms with Crippen molar-refractivity contribution in [1.29, 1.82) is 5.26 Å². The largest absolute Gasteiger partial charge is 0.368 e. The van der Waals surface area contributed by atoms with E-state index in [1.165, 1.54) is 0 Å². The summed E-state index contributed by atoms with van der Waals surface area (Å²) in [6.07, 6.45) is 2.04. The first kappa shape index (κ1) is 14.3. The molecule has 112 valence electrons. The van der Waals surface area contributed by atoms with Gasteiger partial charge in [0, 0.05) is 6.54 Å². The molecule has 1 atom stereocenters. The van der Waals surface area contributed by atoms with Gasteiger partial charge in [-0.05, 0) is 24.9 Å². The first-order chi connectivity index (χ1) is 10.8. The van der Waals surface area contributed by atoms with E-state index in [4.69, 9.17) is 5.73 Å². The number of anilines is 2. The summed E-state index contributed by atoms with van der Waals surface area (Å²) in [5, 5.41) is 16.1. The Balaban J connectivity index is 1.88. The first-order valence-corrected chi connectivity index (χ1v) is 7.36. The van der Waals surface area contributed by atoms with Crippen LogP contribution in [0.25, 0.3) is 0 Å². The van der Waals surface area contributed by atoms with Crippen LogP contribution in [0.15, 0.2) is 30.3 Å². The molecule has 1 aromatic heterocycles. The van der Waals surface area contributed by atoms with Crippen LogP contribution in [-0.2, 0) is 6.54 Å². The van der Waals surface area contributed by atoms with Gasteiger partial charge in [-0.25, -0.2) is 4.98 Å². The zero-order valence-corrected chi connectivity index (χ0v) is 12.2. The maximum atomic E-state index is 9.51. The number of nitrogens with zero attached hydrogens (tertiary/aromatic N) is 3. The van der Waals surface area contributed by atoms with Crippen LogP contribution in [0.2, 0.25) is 0 Å². The van der Waals surface area contributed by atoms with E-state index in [0.29, 0.717) is 23.6 Å². The van der Waals surface area contributed by atoms with Gasteiger partial charge in [0.05, 0.1) is 11.7 Å². The Labute approximate surface area is 129 Å². The van der Waals surface area contributed by atoms with Gasteiger partial charge in [-0.1, -0.05) is 30.3 Å². The zero-order valence-electron chi connectivity index (χ0n) is 12.2. The van der Waals surface area contributed by atoms with Gasteiger partial charge in [0.2, 0.25) is 5.95 Å². The van der Waals surface area contributed by atoms with E-state index in [1.807, 2.05) is 30.3 Å². The average molecular weight is 294 g/mol. The Morgan fingerprint density at radius 1 is 1.32 bits per heavy atom. The lowest BCUT2D eigenvalue weighted by atomic mass is 10.1. The summed E-state index contributed by atoms with van der Waals surface area (Å²) in [7, 11) is 0. The monoisotopic (exact) mass is 294 g/mol. The van der Waals surface area contributed by atoms with E-state index in [1.54, 1.807) is 0 Å². The van der Waals surface area contributed by atoms with Gasteiger partial charge in [-0.15, -0.1) is 0 Å². The minimum absolute atomic E-state index is 0.0808. The Hall–Kier alpha value is -2.65. The van der Waals surface area contributed by atoms with E-state index in [2.05, 4.69) is 26.7 Å². The van der Waals surface area contributed by atoms with Crippen molar-refractivity contribution in [3.05, 3.63) is 47.2 Å². The van der Waals surface area contributed by atoms with Crippen LogP contribution in [0.5, 0.6) is 0 Å². The van der Waals surface area contributed by atoms with Crippen molar-refractivity contribution in [3.63, 3.8) is 0 Å². The molecule has 3 rings (SSSR count). The molecule has 0 saturated carbocycles. The van der Waals surface area contributed by atoms with Crippen molar-refractivity contribution < 1.29 is 0 Å². The SMILES string of the molecule is N#Cc1c(NCc2ccccc2)nc(N)nc1C1CCCN1. The molecule has 2 heterocycles. The molecule has 6 nitrogen and oxygen atoms in total. The normalized spacial score (nSPS) is 17.1. The second-order valence-electron chi connectivity index (χ2n) is 5.29. The third-order valence-electron chi connectivity index (χ3n) is 3.76. The number of rotatable bonds is 4. The maximum absolute atomic E-state index is 9.51. The fourth-order valence-corrected chi connectivity index (χ4v) is 2.69. The minimum atomic E-state index is 0.0808. The van der Waals surface area contributed by atoms with Crippen LogP contribution in [0, 0.1) is 11.3 Å². The number of nitriles is 1. The van der Waals surface area contributed by atoms with E-state index >= 15 is 0 Å². The summed E-state index contributed by atoms with van der Waals surface area (Å²) in [6.45, 7) is 1.52. The van der Waals surface area contributed by atoms with Crippen LogP contribution >= 0.6 is 0 Å². The Kier molecular flexibility index (Phi) is 4.17. The number of nitrogen functional groups attached to an aromatic ring is 1. The maximum Gasteiger partial charge on any atom is 0.222 e. The molecule has 1 saturated heterocycles. The van der Waals surface area contributed by atoms with E-state index in [-0.39, 0.29) is 12.0 Å². The summed E-state index contributed by atoms with van der Waals surface area (Å²) in [4.78, 5) is 8.48. The molecule has 1 aliphatic rings. The number of hydrogen-bond acceptors (Lipinski definition) is 6.